The summed E-state index contributed by atoms with van der Waals surface area (Å²) in [5.41, 5.74) is 3.87. The first-order valence-corrected chi connectivity index (χ1v) is 19.6. The SMILES string of the molecule is CCC(C)C(C(=O)NC(Cc1ccccc1)C(O)CN(CCC(C)(C)C)NC(=O)C(NC(=O)OC)C(C)(C)C)N1CCN(Cc2csc(COC)n2)C1=O. The number of thiazole rings is 1. The number of benzene rings is 1. The fourth-order valence-electron chi connectivity index (χ4n) is 6.25. The van der Waals surface area contributed by atoms with E-state index in [1.807, 2.05) is 70.3 Å². The number of aliphatic hydroxyl groups excluding tert-OH is 1. The first-order valence-electron chi connectivity index (χ1n) is 18.8. The second kappa shape index (κ2) is 20.2. The third-order valence-electron chi connectivity index (χ3n) is 9.61. The van der Waals surface area contributed by atoms with Crippen LogP contribution in [0.3, 0.4) is 0 Å². The second-order valence-corrected chi connectivity index (χ2v) is 17.4. The zero-order chi connectivity index (χ0) is 40.2. The number of hydrazine groups is 1. The predicted molar refractivity (Wildman–Crippen MR) is 209 cm³/mol. The van der Waals surface area contributed by atoms with Crippen molar-refractivity contribution in [1.82, 2.24) is 35.9 Å². The Labute approximate surface area is 325 Å². The van der Waals surface area contributed by atoms with Crippen molar-refractivity contribution in [2.45, 2.75) is 112 Å². The lowest BCUT2D eigenvalue weighted by Crippen LogP contribution is -2.60. The van der Waals surface area contributed by atoms with Crippen LogP contribution in [-0.2, 0) is 38.6 Å². The van der Waals surface area contributed by atoms with Gasteiger partial charge in [-0.3, -0.25) is 15.0 Å². The van der Waals surface area contributed by atoms with Crippen LogP contribution in [0.1, 0.15) is 84.5 Å². The lowest BCUT2D eigenvalue weighted by atomic mass is 9.86. The van der Waals surface area contributed by atoms with E-state index in [0.29, 0.717) is 52.0 Å². The summed E-state index contributed by atoms with van der Waals surface area (Å²) in [5, 5.41) is 22.1. The molecule has 2 heterocycles. The molecule has 5 amide bonds. The van der Waals surface area contributed by atoms with Crippen LogP contribution in [0.4, 0.5) is 9.59 Å². The van der Waals surface area contributed by atoms with E-state index < -0.39 is 41.6 Å². The van der Waals surface area contributed by atoms with Crippen LogP contribution >= 0.6 is 11.3 Å². The van der Waals surface area contributed by atoms with Gasteiger partial charge < -0.3 is 35.0 Å². The van der Waals surface area contributed by atoms with E-state index in [1.54, 1.807) is 21.9 Å². The van der Waals surface area contributed by atoms with Gasteiger partial charge in [-0.2, -0.15) is 0 Å². The van der Waals surface area contributed by atoms with Crippen LogP contribution in [0.5, 0.6) is 0 Å². The molecule has 1 aliphatic rings. The highest BCUT2D eigenvalue weighted by atomic mass is 32.1. The molecule has 14 nitrogen and oxygen atoms in total. The molecular formula is C39H63N7O7S. The number of amides is 5. The monoisotopic (exact) mass is 773 g/mol. The molecule has 0 aliphatic carbocycles. The van der Waals surface area contributed by atoms with E-state index in [0.717, 1.165) is 16.3 Å². The van der Waals surface area contributed by atoms with Crippen LogP contribution in [0.25, 0.3) is 0 Å². The molecule has 0 radical (unpaired) electrons. The third-order valence-corrected chi connectivity index (χ3v) is 10.5. The second-order valence-electron chi connectivity index (χ2n) is 16.4. The number of carbonyl (C=O) groups excluding carboxylic acids is 4. The van der Waals surface area contributed by atoms with E-state index in [-0.39, 0.29) is 29.8 Å². The largest absolute Gasteiger partial charge is 0.453 e. The fraction of sp³-hybridized carbons (Fsp3) is 0.667. The van der Waals surface area contributed by atoms with Gasteiger partial charge in [0.15, 0.2) is 0 Å². The Hall–Kier alpha value is -3.79. The van der Waals surface area contributed by atoms with Crippen molar-refractivity contribution < 1.29 is 33.8 Å². The zero-order valence-electron chi connectivity index (χ0n) is 33.8. The number of alkyl carbamates (subject to hydrolysis) is 1. The predicted octanol–water partition coefficient (Wildman–Crippen LogP) is 4.57. The maximum Gasteiger partial charge on any atom is 0.407 e. The number of urea groups is 1. The molecule has 0 bridgehead atoms. The number of hydrogen-bond acceptors (Lipinski definition) is 10. The molecule has 0 spiro atoms. The van der Waals surface area contributed by atoms with Crippen LogP contribution in [0, 0.1) is 16.7 Å². The van der Waals surface area contributed by atoms with Crippen molar-refractivity contribution in [3.8, 4) is 0 Å². The highest BCUT2D eigenvalue weighted by molar-refractivity contribution is 7.09. The van der Waals surface area contributed by atoms with E-state index in [4.69, 9.17) is 9.47 Å². The summed E-state index contributed by atoms with van der Waals surface area (Å²) in [6.07, 6.45) is -0.221. The number of nitrogens with zero attached hydrogens (tertiary/aromatic N) is 4. The molecule has 2 aromatic rings. The van der Waals surface area contributed by atoms with E-state index in [9.17, 15) is 24.3 Å². The average Bonchev–Trinajstić information content (AvgIpc) is 3.70. The number of hydrogen-bond donors (Lipinski definition) is 4. The molecule has 1 fully saturated rings. The molecule has 5 atom stereocenters. The van der Waals surface area contributed by atoms with E-state index in [2.05, 4.69) is 41.8 Å². The maximum atomic E-state index is 14.4. The summed E-state index contributed by atoms with van der Waals surface area (Å²) in [7, 11) is 2.85. The smallest absolute Gasteiger partial charge is 0.407 e. The van der Waals surface area contributed by atoms with Gasteiger partial charge in [-0.05, 0) is 35.2 Å². The van der Waals surface area contributed by atoms with Crippen LogP contribution in [0.2, 0.25) is 0 Å². The van der Waals surface area contributed by atoms with E-state index in [1.165, 1.54) is 18.4 Å². The zero-order valence-corrected chi connectivity index (χ0v) is 34.6. The Kier molecular flexibility index (Phi) is 16.7. The van der Waals surface area contributed by atoms with Crippen molar-refractivity contribution in [2.24, 2.45) is 16.7 Å². The number of ether oxygens (including phenoxy) is 2. The molecule has 1 aromatic heterocycles. The molecule has 54 heavy (non-hydrogen) atoms. The summed E-state index contributed by atoms with van der Waals surface area (Å²) in [4.78, 5) is 62.0. The molecule has 302 valence electrons. The molecule has 1 aliphatic heterocycles. The maximum absolute atomic E-state index is 14.4. The summed E-state index contributed by atoms with van der Waals surface area (Å²) in [6, 6.07) is 6.86. The Balaban J connectivity index is 1.87. The van der Waals surface area contributed by atoms with Crippen LogP contribution < -0.4 is 16.1 Å². The molecule has 1 aromatic carbocycles. The van der Waals surface area contributed by atoms with Gasteiger partial charge in [0.25, 0.3) is 5.91 Å². The average molecular weight is 774 g/mol. The van der Waals surface area contributed by atoms with Crippen LogP contribution in [0.15, 0.2) is 35.7 Å². The summed E-state index contributed by atoms with van der Waals surface area (Å²) in [6.45, 7) is 17.7. The molecule has 5 unspecified atom stereocenters. The molecular weight excluding hydrogens is 711 g/mol. The van der Waals surface area contributed by atoms with Crippen molar-refractivity contribution in [3.63, 3.8) is 0 Å². The Morgan fingerprint density at radius 2 is 1.72 bits per heavy atom. The number of carbonyl (C=O) groups is 4. The standard InChI is InChI=1S/C39H63N7O7S/c1-11-26(2)32(46-20-19-44(37(46)51)22-28-25-54-31(40-28)24-52-9)34(48)41-29(21-27-15-13-12-14-16-27)30(47)23-45(18-17-38(3,4)5)43-35(49)33(39(6,7)8)42-36(50)53-10/h12-16,25-26,29-30,32-33,47H,11,17-24H2,1-10H3,(H,41,48)(H,42,50)(H,43,49). The first kappa shape index (κ1) is 44.6. The van der Waals surface area contributed by atoms with Gasteiger partial charge in [-0.1, -0.05) is 92.1 Å². The van der Waals surface area contributed by atoms with Gasteiger partial charge in [-0.15, -0.1) is 11.3 Å². The fourth-order valence-corrected chi connectivity index (χ4v) is 7.01. The van der Waals surface area contributed by atoms with Crippen molar-refractivity contribution in [3.05, 3.63) is 52.0 Å². The minimum atomic E-state index is -1.13. The van der Waals surface area contributed by atoms with Crippen molar-refractivity contribution in [1.29, 1.82) is 0 Å². The summed E-state index contributed by atoms with van der Waals surface area (Å²) in [5.74, 6) is -0.981. The van der Waals surface area contributed by atoms with Gasteiger partial charge in [0.1, 0.15) is 17.1 Å². The van der Waals surface area contributed by atoms with E-state index >= 15 is 0 Å². The molecule has 15 heteroatoms. The highest BCUT2D eigenvalue weighted by Gasteiger charge is 2.41. The number of rotatable bonds is 19. The first-order chi connectivity index (χ1) is 25.4. The van der Waals surface area contributed by atoms with Gasteiger partial charge in [0.2, 0.25) is 5.91 Å². The lowest BCUT2D eigenvalue weighted by molar-refractivity contribution is -0.132. The van der Waals surface area contributed by atoms with Crippen molar-refractivity contribution in [2.75, 3.05) is 40.4 Å². The highest BCUT2D eigenvalue weighted by Crippen LogP contribution is 2.25. The number of methoxy groups -OCH3 is 2. The minimum Gasteiger partial charge on any atom is -0.453 e. The number of aliphatic hydroxyl groups is 1. The molecule has 1 saturated heterocycles. The minimum absolute atomic E-state index is 0.0161. The lowest BCUT2D eigenvalue weighted by Gasteiger charge is -2.36. The Morgan fingerprint density at radius 1 is 1.04 bits per heavy atom. The summed E-state index contributed by atoms with van der Waals surface area (Å²) >= 11 is 1.48. The molecule has 3 rings (SSSR count). The Bertz CT molecular complexity index is 1510. The quantitative estimate of drug-likeness (QED) is 0.150. The molecule has 0 saturated carbocycles. The Morgan fingerprint density at radius 3 is 2.31 bits per heavy atom. The number of aromatic nitrogens is 1. The van der Waals surface area contributed by atoms with Gasteiger partial charge in [-0.25, -0.2) is 19.6 Å². The third kappa shape index (κ3) is 13.5. The molecule has 4 N–H and O–H groups in total. The van der Waals surface area contributed by atoms with Crippen LogP contribution in [-0.4, -0.2) is 113 Å². The van der Waals surface area contributed by atoms with Gasteiger partial charge >= 0.3 is 12.1 Å². The van der Waals surface area contributed by atoms with Gasteiger partial charge in [0, 0.05) is 38.7 Å². The van der Waals surface area contributed by atoms with Gasteiger partial charge in [0.05, 0.1) is 38.1 Å². The van der Waals surface area contributed by atoms with Crippen molar-refractivity contribution >= 4 is 35.3 Å². The number of nitrogens with one attached hydrogen (secondary N) is 3. The summed E-state index contributed by atoms with van der Waals surface area (Å²) < 4.78 is 9.98. The topological polar surface area (TPSA) is 166 Å². The normalized spacial score (nSPS) is 16.5.